The number of amides is 1. The van der Waals surface area contributed by atoms with Crippen molar-refractivity contribution in [2.75, 3.05) is 13.1 Å². The molecule has 0 aliphatic carbocycles. The summed E-state index contributed by atoms with van der Waals surface area (Å²) in [6.07, 6.45) is 2.03. The number of aromatic nitrogens is 5. The standard InChI is InChI=1S/C18H28N6O/c1-11(17-12(2)20-22(6)13(17)3)18(25)23-9-7-8-16(10-23)24-15(5)19-14(4)21-24/h11,16H,7-10H2,1-6H3. The molecule has 25 heavy (non-hydrogen) atoms. The van der Waals surface area contributed by atoms with Crippen LogP contribution in [0, 0.1) is 27.7 Å². The molecule has 1 fully saturated rings. The maximum atomic E-state index is 13.1. The zero-order valence-electron chi connectivity index (χ0n) is 16.1. The highest BCUT2D eigenvalue weighted by Gasteiger charge is 2.31. The molecule has 0 saturated carbocycles. The molecule has 3 heterocycles. The average Bonchev–Trinajstić information content (AvgIpc) is 3.04. The van der Waals surface area contributed by atoms with E-state index in [2.05, 4.69) is 15.2 Å². The number of hydrogen-bond acceptors (Lipinski definition) is 4. The second kappa shape index (κ2) is 6.61. The molecule has 3 rings (SSSR count). The van der Waals surface area contributed by atoms with Gasteiger partial charge in [-0.1, -0.05) is 0 Å². The molecule has 0 radical (unpaired) electrons. The van der Waals surface area contributed by atoms with Gasteiger partial charge in [-0.25, -0.2) is 9.67 Å². The number of piperidine rings is 1. The fourth-order valence-corrected chi connectivity index (χ4v) is 4.05. The summed E-state index contributed by atoms with van der Waals surface area (Å²) in [7, 11) is 1.93. The second-order valence-electron chi connectivity index (χ2n) is 7.16. The van der Waals surface area contributed by atoms with E-state index in [1.165, 1.54) is 0 Å². The van der Waals surface area contributed by atoms with E-state index < -0.39 is 0 Å². The molecule has 0 spiro atoms. The quantitative estimate of drug-likeness (QED) is 0.856. The summed E-state index contributed by atoms with van der Waals surface area (Å²) < 4.78 is 3.84. The lowest BCUT2D eigenvalue weighted by molar-refractivity contribution is -0.134. The Bertz CT molecular complexity index is 790. The van der Waals surface area contributed by atoms with E-state index in [0.717, 1.165) is 48.0 Å². The Kier molecular flexibility index (Phi) is 4.67. The first-order valence-electron chi connectivity index (χ1n) is 8.98. The minimum Gasteiger partial charge on any atom is -0.340 e. The molecule has 136 valence electrons. The molecule has 0 aromatic carbocycles. The molecule has 1 aliphatic heterocycles. The van der Waals surface area contributed by atoms with Crippen molar-refractivity contribution in [2.24, 2.45) is 7.05 Å². The van der Waals surface area contributed by atoms with Gasteiger partial charge in [0.25, 0.3) is 0 Å². The third kappa shape index (κ3) is 3.19. The van der Waals surface area contributed by atoms with Crippen LogP contribution in [0.15, 0.2) is 0 Å². The van der Waals surface area contributed by atoms with Gasteiger partial charge in [0.2, 0.25) is 5.91 Å². The van der Waals surface area contributed by atoms with E-state index in [1.54, 1.807) is 0 Å². The number of aryl methyl sites for hydroxylation is 4. The minimum atomic E-state index is -0.175. The summed E-state index contributed by atoms with van der Waals surface area (Å²) in [5.74, 6) is 1.71. The van der Waals surface area contributed by atoms with E-state index in [-0.39, 0.29) is 17.9 Å². The van der Waals surface area contributed by atoms with E-state index in [4.69, 9.17) is 0 Å². The van der Waals surface area contributed by atoms with Gasteiger partial charge >= 0.3 is 0 Å². The average molecular weight is 344 g/mol. The smallest absolute Gasteiger partial charge is 0.230 e. The van der Waals surface area contributed by atoms with E-state index >= 15 is 0 Å². The first kappa shape index (κ1) is 17.6. The molecule has 2 aromatic heterocycles. The highest BCUT2D eigenvalue weighted by Crippen LogP contribution is 2.28. The van der Waals surface area contributed by atoms with Crippen LogP contribution < -0.4 is 0 Å². The lowest BCUT2D eigenvalue weighted by atomic mass is 9.96. The number of carbonyl (C=O) groups excluding carboxylic acids is 1. The Labute approximate surface area is 149 Å². The molecule has 1 amide bonds. The zero-order valence-corrected chi connectivity index (χ0v) is 16.1. The topological polar surface area (TPSA) is 68.8 Å². The van der Waals surface area contributed by atoms with Crippen LogP contribution in [0.1, 0.15) is 60.3 Å². The molecule has 2 unspecified atom stereocenters. The number of nitrogens with zero attached hydrogens (tertiary/aromatic N) is 6. The predicted octanol–water partition coefficient (Wildman–Crippen LogP) is 2.21. The van der Waals surface area contributed by atoms with Crippen molar-refractivity contribution in [3.63, 3.8) is 0 Å². The van der Waals surface area contributed by atoms with Gasteiger partial charge in [0, 0.05) is 31.4 Å². The third-order valence-corrected chi connectivity index (χ3v) is 5.33. The summed E-state index contributed by atoms with van der Waals surface area (Å²) in [5, 5.41) is 8.98. The number of carbonyl (C=O) groups is 1. The van der Waals surface area contributed by atoms with Gasteiger partial charge in [0.1, 0.15) is 11.6 Å². The van der Waals surface area contributed by atoms with Crippen LogP contribution in [0.5, 0.6) is 0 Å². The highest BCUT2D eigenvalue weighted by atomic mass is 16.2. The van der Waals surface area contributed by atoms with Gasteiger partial charge in [-0.3, -0.25) is 9.48 Å². The molecule has 1 aliphatic rings. The van der Waals surface area contributed by atoms with Gasteiger partial charge in [0.15, 0.2) is 0 Å². The molecule has 2 atom stereocenters. The Morgan fingerprint density at radius 1 is 1.20 bits per heavy atom. The Morgan fingerprint density at radius 2 is 1.92 bits per heavy atom. The first-order valence-corrected chi connectivity index (χ1v) is 8.98. The maximum Gasteiger partial charge on any atom is 0.230 e. The van der Waals surface area contributed by atoms with Gasteiger partial charge in [-0.15, -0.1) is 0 Å². The fraction of sp³-hybridized carbons (Fsp3) is 0.667. The highest BCUT2D eigenvalue weighted by molar-refractivity contribution is 5.84. The third-order valence-electron chi connectivity index (χ3n) is 5.33. The fourth-order valence-electron chi connectivity index (χ4n) is 4.05. The van der Waals surface area contributed by atoms with E-state index in [9.17, 15) is 4.79 Å². The summed E-state index contributed by atoms with van der Waals surface area (Å²) >= 11 is 0. The maximum absolute atomic E-state index is 13.1. The molecule has 0 bridgehead atoms. The first-order chi connectivity index (χ1) is 11.8. The Morgan fingerprint density at radius 3 is 2.48 bits per heavy atom. The van der Waals surface area contributed by atoms with E-state index in [0.29, 0.717) is 6.54 Å². The Balaban J connectivity index is 1.79. The minimum absolute atomic E-state index is 0.175. The lowest BCUT2D eigenvalue weighted by Crippen LogP contribution is -2.43. The van der Waals surface area contributed by atoms with Crippen molar-refractivity contribution < 1.29 is 4.79 Å². The van der Waals surface area contributed by atoms with Crippen LogP contribution in [0.25, 0.3) is 0 Å². The molecule has 2 aromatic rings. The van der Waals surface area contributed by atoms with Crippen molar-refractivity contribution >= 4 is 5.91 Å². The second-order valence-corrected chi connectivity index (χ2v) is 7.16. The van der Waals surface area contributed by atoms with Gasteiger partial charge in [0.05, 0.1) is 17.7 Å². The predicted molar refractivity (Wildman–Crippen MR) is 95.4 cm³/mol. The zero-order chi connectivity index (χ0) is 18.3. The molecular formula is C18H28N6O. The van der Waals surface area contributed by atoms with Crippen LogP contribution in [0.2, 0.25) is 0 Å². The van der Waals surface area contributed by atoms with E-state index in [1.807, 2.05) is 55.9 Å². The Hall–Kier alpha value is -2.18. The van der Waals surface area contributed by atoms with Crippen molar-refractivity contribution in [1.82, 2.24) is 29.4 Å². The van der Waals surface area contributed by atoms with Crippen LogP contribution >= 0.6 is 0 Å². The number of likely N-dealkylation sites (tertiary alicyclic amines) is 1. The van der Waals surface area contributed by atoms with Gasteiger partial charge < -0.3 is 4.90 Å². The van der Waals surface area contributed by atoms with Crippen LogP contribution in [-0.4, -0.2) is 48.4 Å². The van der Waals surface area contributed by atoms with Crippen LogP contribution in [0.3, 0.4) is 0 Å². The largest absolute Gasteiger partial charge is 0.340 e. The number of hydrogen-bond donors (Lipinski definition) is 0. The molecule has 0 N–H and O–H groups in total. The van der Waals surface area contributed by atoms with Crippen LogP contribution in [-0.2, 0) is 11.8 Å². The summed E-state index contributed by atoms with van der Waals surface area (Å²) in [6.45, 7) is 11.4. The normalized spacial score (nSPS) is 19.3. The lowest BCUT2D eigenvalue weighted by Gasteiger charge is -2.34. The van der Waals surface area contributed by atoms with Crippen molar-refractivity contribution in [3.05, 3.63) is 28.6 Å². The molecule has 7 nitrogen and oxygen atoms in total. The molecule has 7 heteroatoms. The number of rotatable bonds is 3. The SMILES string of the molecule is Cc1nc(C)n(C2CCCN(C(=O)C(C)c3c(C)nn(C)c3C)C2)n1. The van der Waals surface area contributed by atoms with Crippen LogP contribution in [0.4, 0.5) is 0 Å². The molecule has 1 saturated heterocycles. The van der Waals surface area contributed by atoms with Crippen molar-refractivity contribution in [2.45, 2.75) is 59.4 Å². The van der Waals surface area contributed by atoms with Crippen molar-refractivity contribution in [3.8, 4) is 0 Å². The van der Waals surface area contributed by atoms with Gasteiger partial charge in [-0.05, 0) is 47.5 Å². The summed E-state index contributed by atoms with van der Waals surface area (Å²) in [6, 6.07) is 0.210. The van der Waals surface area contributed by atoms with Crippen molar-refractivity contribution in [1.29, 1.82) is 0 Å². The summed E-state index contributed by atoms with van der Waals surface area (Å²) in [4.78, 5) is 19.5. The van der Waals surface area contributed by atoms with Gasteiger partial charge in [-0.2, -0.15) is 10.2 Å². The molecular weight excluding hydrogens is 316 g/mol. The monoisotopic (exact) mass is 344 g/mol. The summed E-state index contributed by atoms with van der Waals surface area (Å²) in [5.41, 5.74) is 3.06.